The maximum atomic E-state index is 12.8. The van der Waals surface area contributed by atoms with Gasteiger partial charge in [-0.1, -0.05) is 6.07 Å². The van der Waals surface area contributed by atoms with Crippen LogP contribution in [-0.2, 0) is 15.7 Å². The Kier molecular flexibility index (Phi) is 6.57. The van der Waals surface area contributed by atoms with E-state index in [0.717, 1.165) is 44.8 Å². The van der Waals surface area contributed by atoms with Gasteiger partial charge in [-0.15, -0.1) is 0 Å². The number of halogens is 3. The van der Waals surface area contributed by atoms with Crippen LogP contribution in [0.25, 0.3) is 0 Å². The van der Waals surface area contributed by atoms with Crippen molar-refractivity contribution in [2.24, 2.45) is 5.92 Å². The van der Waals surface area contributed by atoms with Gasteiger partial charge in [-0.05, 0) is 50.2 Å². The van der Waals surface area contributed by atoms with Crippen LogP contribution in [0.4, 0.5) is 19.0 Å². The first-order valence-corrected chi connectivity index (χ1v) is 9.59. The van der Waals surface area contributed by atoms with Crippen molar-refractivity contribution in [2.75, 3.05) is 31.1 Å². The van der Waals surface area contributed by atoms with E-state index in [4.69, 9.17) is 4.74 Å². The molecule has 0 aromatic carbocycles. The molecule has 1 atom stereocenters. The maximum Gasteiger partial charge on any atom is 0.433 e. The number of nitrogens with one attached hydrogen (secondary N) is 1. The Bertz CT molecular complexity index is 625. The van der Waals surface area contributed by atoms with Crippen LogP contribution >= 0.6 is 0 Å². The van der Waals surface area contributed by atoms with Gasteiger partial charge in [0.1, 0.15) is 11.5 Å². The summed E-state index contributed by atoms with van der Waals surface area (Å²) in [5, 5.41) is 2.93. The van der Waals surface area contributed by atoms with E-state index in [1.165, 1.54) is 6.07 Å². The number of alkyl halides is 3. The number of amides is 1. The fraction of sp³-hybridized carbons (Fsp3) is 0.684. The van der Waals surface area contributed by atoms with Gasteiger partial charge in [0, 0.05) is 32.7 Å². The third kappa shape index (κ3) is 5.82. The lowest BCUT2D eigenvalue weighted by Crippen LogP contribution is -2.35. The molecule has 2 saturated heterocycles. The van der Waals surface area contributed by atoms with Gasteiger partial charge in [0.15, 0.2) is 0 Å². The fourth-order valence-corrected chi connectivity index (χ4v) is 3.66. The Morgan fingerprint density at radius 1 is 1.26 bits per heavy atom. The number of hydrogen-bond acceptors (Lipinski definition) is 4. The van der Waals surface area contributed by atoms with Crippen LogP contribution in [0.15, 0.2) is 18.2 Å². The van der Waals surface area contributed by atoms with Crippen molar-refractivity contribution in [1.29, 1.82) is 0 Å². The molecule has 0 radical (unpaired) electrons. The van der Waals surface area contributed by atoms with E-state index in [-0.39, 0.29) is 12.0 Å². The fourth-order valence-electron chi connectivity index (χ4n) is 3.66. The second-order valence-corrected chi connectivity index (χ2v) is 7.29. The van der Waals surface area contributed by atoms with Crippen molar-refractivity contribution >= 4 is 11.7 Å². The molecule has 1 unspecified atom stereocenters. The molecule has 0 saturated carbocycles. The topological polar surface area (TPSA) is 54.5 Å². The van der Waals surface area contributed by atoms with Crippen LogP contribution in [0.1, 0.15) is 44.2 Å². The Balaban J connectivity index is 1.39. The molecule has 3 rings (SSSR count). The van der Waals surface area contributed by atoms with Gasteiger partial charge in [0.25, 0.3) is 0 Å². The Hall–Kier alpha value is -1.83. The van der Waals surface area contributed by atoms with E-state index in [1.54, 1.807) is 6.07 Å². The minimum absolute atomic E-state index is 0.0486. The molecule has 0 bridgehead atoms. The monoisotopic (exact) mass is 385 g/mol. The number of aromatic nitrogens is 1. The van der Waals surface area contributed by atoms with Crippen LogP contribution in [0.3, 0.4) is 0 Å². The number of carbonyl (C=O) groups excluding carboxylic acids is 1. The van der Waals surface area contributed by atoms with E-state index in [0.29, 0.717) is 37.8 Å². The first-order valence-electron chi connectivity index (χ1n) is 9.59. The lowest BCUT2D eigenvalue weighted by molar-refractivity contribution is -0.141. The molecule has 0 aliphatic carbocycles. The summed E-state index contributed by atoms with van der Waals surface area (Å²) in [5.41, 5.74) is -0.856. The van der Waals surface area contributed by atoms with Gasteiger partial charge in [-0.2, -0.15) is 13.2 Å². The smallest absolute Gasteiger partial charge is 0.376 e. The molecular weight excluding hydrogens is 359 g/mol. The normalized spacial score (nSPS) is 21.4. The summed E-state index contributed by atoms with van der Waals surface area (Å²) in [6.07, 6.45) is 0.791. The summed E-state index contributed by atoms with van der Waals surface area (Å²) >= 11 is 0. The number of rotatable bonds is 6. The summed E-state index contributed by atoms with van der Waals surface area (Å²) in [4.78, 5) is 17.6. The van der Waals surface area contributed by atoms with Crippen molar-refractivity contribution in [3.63, 3.8) is 0 Å². The molecule has 1 N–H and O–H groups in total. The zero-order valence-corrected chi connectivity index (χ0v) is 15.3. The van der Waals surface area contributed by atoms with Crippen LogP contribution < -0.4 is 10.2 Å². The summed E-state index contributed by atoms with van der Waals surface area (Å²) in [5.74, 6) is 0.839. The summed E-state index contributed by atoms with van der Waals surface area (Å²) in [7, 11) is 0. The molecule has 3 heterocycles. The molecule has 2 aliphatic heterocycles. The Labute approximate surface area is 157 Å². The van der Waals surface area contributed by atoms with Gasteiger partial charge in [-0.25, -0.2) is 4.98 Å². The predicted molar refractivity (Wildman–Crippen MR) is 95.4 cm³/mol. The molecule has 1 amide bonds. The molecule has 2 fully saturated rings. The van der Waals surface area contributed by atoms with Crippen molar-refractivity contribution in [3.05, 3.63) is 23.9 Å². The number of pyridine rings is 1. The molecule has 27 heavy (non-hydrogen) atoms. The molecule has 8 heteroatoms. The first-order chi connectivity index (χ1) is 12.9. The lowest BCUT2D eigenvalue weighted by Gasteiger charge is -2.33. The van der Waals surface area contributed by atoms with Gasteiger partial charge in [0.2, 0.25) is 5.91 Å². The Morgan fingerprint density at radius 2 is 2.04 bits per heavy atom. The third-order valence-electron chi connectivity index (χ3n) is 5.29. The van der Waals surface area contributed by atoms with Crippen molar-refractivity contribution < 1.29 is 22.7 Å². The second kappa shape index (κ2) is 8.91. The molecular formula is C19H26F3N3O2. The minimum atomic E-state index is -4.43. The van der Waals surface area contributed by atoms with Crippen LogP contribution in [0.5, 0.6) is 0 Å². The highest BCUT2D eigenvalue weighted by Crippen LogP contribution is 2.30. The van der Waals surface area contributed by atoms with Crippen molar-refractivity contribution in [2.45, 2.75) is 50.8 Å². The molecule has 0 spiro atoms. The molecule has 5 nitrogen and oxygen atoms in total. The first kappa shape index (κ1) is 19.9. The van der Waals surface area contributed by atoms with Gasteiger partial charge in [0.05, 0.1) is 6.10 Å². The van der Waals surface area contributed by atoms with E-state index in [2.05, 4.69) is 10.3 Å². The highest BCUT2D eigenvalue weighted by atomic mass is 19.4. The molecule has 150 valence electrons. The number of nitrogens with zero attached hydrogens (tertiary/aromatic N) is 2. The highest BCUT2D eigenvalue weighted by Gasteiger charge is 2.33. The van der Waals surface area contributed by atoms with E-state index >= 15 is 0 Å². The number of anilines is 1. The number of ether oxygens (including phenoxy) is 1. The second-order valence-electron chi connectivity index (χ2n) is 7.29. The largest absolute Gasteiger partial charge is 0.433 e. The zero-order valence-electron chi connectivity index (χ0n) is 15.3. The van der Waals surface area contributed by atoms with Crippen molar-refractivity contribution in [3.8, 4) is 0 Å². The van der Waals surface area contributed by atoms with E-state index < -0.39 is 11.9 Å². The van der Waals surface area contributed by atoms with Crippen LogP contribution in [0, 0.1) is 5.92 Å². The standard InChI is InChI=1S/C19H26F3N3O2/c20-19(21,22)16-4-1-5-17(24-16)25-10-8-14(9-11-25)6-7-18(26)23-13-15-3-2-12-27-15/h1,4-5,14-15H,2-3,6-13H2,(H,23,26). The van der Waals surface area contributed by atoms with Gasteiger partial charge in [-0.3, -0.25) is 4.79 Å². The molecule has 1 aromatic heterocycles. The van der Waals surface area contributed by atoms with Gasteiger partial charge < -0.3 is 15.0 Å². The highest BCUT2D eigenvalue weighted by molar-refractivity contribution is 5.75. The summed E-state index contributed by atoms with van der Waals surface area (Å²) in [6, 6.07) is 4.01. The number of piperidine rings is 1. The number of hydrogen-bond donors (Lipinski definition) is 1. The Morgan fingerprint density at radius 3 is 2.70 bits per heavy atom. The molecule has 2 aliphatic rings. The maximum absolute atomic E-state index is 12.8. The van der Waals surface area contributed by atoms with Crippen molar-refractivity contribution in [1.82, 2.24) is 10.3 Å². The lowest BCUT2D eigenvalue weighted by atomic mass is 9.92. The quantitative estimate of drug-likeness (QED) is 0.816. The molecule has 1 aromatic rings. The van der Waals surface area contributed by atoms with Crippen LogP contribution in [-0.4, -0.2) is 43.2 Å². The minimum Gasteiger partial charge on any atom is -0.376 e. The average Bonchev–Trinajstić information content (AvgIpc) is 3.18. The predicted octanol–water partition coefficient (Wildman–Crippen LogP) is 3.39. The summed E-state index contributed by atoms with van der Waals surface area (Å²) < 4.78 is 43.9. The van der Waals surface area contributed by atoms with E-state index in [9.17, 15) is 18.0 Å². The summed E-state index contributed by atoms with van der Waals surface area (Å²) in [6.45, 7) is 2.69. The van der Waals surface area contributed by atoms with Crippen LogP contribution in [0.2, 0.25) is 0 Å². The average molecular weight is 385 g/mol. The SMILES string of the molecule is O=C(CCC1CCN(c2cccc(C(F)(F)F)n2)CC1)NCC1CCCO1. The van der Waals surface area contributed by atoms with E-state index in [1.807, 2.05) is 4.90 Å². The van der Waals surface area contributed by atoms with Gasteiger partial charge >= 0.3 is 6.18 Å². The third-order valence-corrected chi connectivity index (χ3v) is 5.29. The zero-order chi connectivity index (χ0) is 19.3. The number of carbonyl (C=O) groups is 1.